The number of halogens is 1. The number of benzene rings is 2. The summed E-state index contributed by atoms with van der Waals surface area (Å²) in [7, 11) is 0. The average molecular weight is 408 g/mol. The van der Waals surface area contributed by atoms with Crippen molar-refractivity contribution >= 4 is 6.09 Å². The monoisotopic (exact) mass is 408 g/mol. The maximum Gasteiger partial charge on any atom is 0.408 e. The van der Waals surface area contributed by atoms with Gasteiger partial charge in [-0.1, -0.05) is 12.1 Å². The number of nitriles is 1. The van der Waals surface area contributed by atoms with Crippen LogP contribution in [-0.2, 0) is 11.2 Å². The molecule has 0 aliphatic carbocycles. The summed E-state index contributed by atoms with van der Waals surface area (Å²) in [6, 6.07) is 14.0. The normalized spacial score (nSPS) is 12.1. The number of nitrogens with zero attached hydrogens (tertiary/aromatic N) is 3. The van der Waals surface area contributed by atoms with E-state index in [-0.39, 0.29) is 17.6 Å². The summed E-state index contributed by atoms with van der Waals surface area (Å²) in [6.07, 6.45) is -0.279. The highest BCUT2D eigenvalue weighted by atomic mass is 19.1. The van der Waals surface area contributed by atoms with E-state index in [9.17, 15) is 9.18 Å². The first-order valence-corrected chi connectivity index (χ1v) is 9.31. The Morgan fingerprint density at radius 3 is 2.43 bits per heavy atom. The minimum absolute atomic E-state index is 0.185. The van der Waals surface area contributed by atoms with E-state index in [2.05, 4.69) is 21.6 Å². The molecule has 0 aliphatic heterocycles. The summed E-state index contributed by atoms with van der Waals surface area (Å²) >= 11 is 0. The van der Waals surface area contributed by atoms with Crippen LogP contribution < -0.4 is 5.32 Å². The van der Waals surface area contributed by atoms with Gasteiger partial charge in [0.05, 0.1) is 11.6 Å². The Bertz CT molecular complexity index is 1050. The van der Waals surface area contributed by atoms with Gasteiger partial charge in [0.2, 0.25) is 11.8 Å². The number of rotatable bonds is 5. The number of ether oxygens (including phenoxy) is 1. The molecule has 0 saturated carbocycles. The Kier molecular flexibility index (Phi) is 6.11. The molecule has 2 aromatic carbocycles. The zero-order chi connectivity index (χ0) is 21.7. The summed E-state index contributed by atoms with van der Waals surface area (Å²) in [6.45, 7) is 5.30. The largest absolute Gasteiger partial charge is 0.444 e. The highest BCUT2D eigenvalue weighted by Gasteiger charge is 2.25. The van der Waals surface area contributed by atoms with Crippen LogP contribution in [0.2, 0.25) is 0 Å². The molecule has 8 heteroatoms. The van der Waals surface area contributed by atoms with Crippen molar-refractivity contribution in [1.29, 1.82) is 5.26 Å². The van der Waals surface area contributed by atoms with Crippen molar-refractivity contribution in [2.45, 2.75) is 38.8 Å². The van der Waals surface area contributed by atoms with Gasteiger partial charge >= 0.3 is 6.09 Å². The third-order valence-corrected chi connectivity index (χ3v) is 4.04. The molecular weight excluding hydrogens is 387 g/mol. The van der Waals surface area contributed by atoms with Crippen LogP contribution in [0.3, 0.4) is 0 Å². The van der Waals surface area contributed by atoms with Gasteiger partial charge in [0, 0.05) is 12.0 Å². The van der Waals surface area contributed by atoms with Crippen molar-refractivity contribution in [3.63, 3.8) is 0 Å². The van der Waals surface area contributed by atoms with Crippen molar-refractivity contribution in [2.75, 3.05) is 0 Å². The van der Waals surface area contributed by atoms with Gasteiger partial charge in [-0.05, 0) is 62.7 Å². The molecule has 0 fully saturated rings. The van der Waals surface area contributed by atoms with Crippen molar-refractivity contribution < 1.29 is 18.3 Å². The number of carbonyl (C=O) groups is 1. The fourth-order valence-electron chi connectivity index (χ4n) is 2.69. The molecule has 1 heterocycles. The Morgan fingerprint density at radius 2 is 1.83 bits per heavy atom. The lowest BCUT2D eigenvalue weighted by atomic mass is 10.0. The zero-order valence-electron chi connectivity index (χ0n) is 16.8. The first-order valence-electron chi connectivity index (χ1n) is 9.31. The Morgan fingerprint density at radius 1 is 1.17 bits per heavy atom. The molecule has 0 aliphatic rings. The van der Waals surface area contributed by atoms with Crippen molar-refractivity contribution in [2.24, 2.45) is 0 Å². The van der Waals surface area contributed by atoms with E-state index in [4.69, 9.17) is 14.4 Å². The number of nitrogens with one attached hydrogen (secondary N) is 1. The Hall–Kier alpha value is -3.73. The number of alkyl carbamates (subject to hydrolysis) is 1. The van der Waals surface area contributed by atoms with Gasteiger partial charge in [0.1, 0.15) is 17.5 Å². The second-order valence-corrected chi connectivity index (χ2v) is 7.66. The highest BCUT2D eigenvalue weighted by molar-refractivity contribution is 5.68. The van der Waals surface area contributed by atoms with Crippen LogP contribution in [0.4, 0.5) is 9.18 Å². The summed E-state index contributed by atoms with van der Waals surface area (Å²) in [5.74, 6) is 0.0223. The molecular formula is C22H21FN4O3. The standard InChI is InChI=1S/C22H21FN4O3/c1-22(2,3)30-21(28)25-18(12-14-4-6-15(13-24)7-5-14)20-27-26-19(29-20)16-8-10-17(23)11-9-16/h4-11,18H,12H2,1-3H3,(H,25,28)/t18-/m0/s1. The second-order valence-electron chi connectivity index (χ2n) is 7.66. The predicted molar refractivity (Wildman–Crippen MR) is 107 cm³/mol. The van der Waals surface area contributed by atoms with Gasteiger partial charge in [0.25, 0.3) is 0 Å². The molecule has 154 valence electrons. The molecule has 1 amide bonds. The molecule has 0 bridgehead atoms. The lowest BCUT2D eigenvalue weighted by Crippen LogP contribution is -2.36. The van der Waals surface area contributed by atoms with E-state index in [0.29, 0.717) is 17.5 Å². The predicted octanol–water partition coefficient (Wildman–Crippen LogP) is 4.56. The molecule has 7 nitrogen and oxygen atoms in total. The Balaban J connectivity index is 1.85. The van der Waals surface area contributed by atoms with Crippen molar-refractivity contribution in [3.05, 3.63) is 71.4 Å². The topological polar surface area (TPSA) is 101 Å². The van der Waals surface area contributed by atoms with Gasteiger partial charge < -0.3 is 14.5 Å². The smallest absolute Gasteiger partial charge is 0.408 e. The quantitative estimate of drug-likeness (QED) is 0.664. The van der Waals surface area contributed by atoms with E-state index in [0.717, 1.165) is 5.56 Å². The molecule has 1 N–H and O–H groups in total. The molecule has 0 saturated heterocycles. The van der Waals surface area contributed by atoms with Crippen molar-refractivity contribution in [1.82, 2.24) is 15.5 Å². The van der Waals surface area contributed by atoms with Gasteiger partial charge in [-0.25, -0.2) is 9.18 Å². The third kappa shape index (κ3) is 5.64. The minimum atomic E-state index is -0.669. The average Bonchev–Trinajstić information content (AvgIpc) is 3.17. The van der Waals surface area contributed by atoms with Gasteiger partial charge in [-0.2, -0.15) is 5.26 Å². The van der Waals surface area contributed by atoms with Gasteiger partial charge in [-0.3, -0.25) is 0 Å². The number of hydrogen-bond donors (Lipinski definition) is 1. The number of amides is 1. The maximum absolute atomic E-state index is 13.2. The van der Waals surface area contributed by atoms with Gasteiger partial charge in [0.15, 0.2) is 0 Å². The van der Waals surface area contributed by atoms with Gasteiger partial charge in [-0.15, -0.1) is 10.2 Å². The lowest BCUT2D eigenvalue weighted by molar-refractivity contribution is 0.0495. The van der Waals surface area contributed by atoms with E-state index < -0.39 is 17.7 Å². The fraction of sp³-hybridized carbons (Fsp3) is 0.273. The van der Waals surface area contributed by atoms with E-state index in [1.54, 1.807) is 45.0 Å². The van der Waals surface area contributed by atoms with Crippen LogP contribution >= 0.6 is 0 Å². The summed E-state index contributed by atoms with van der Waals surface area (Å²) in [5.41, 5.74) is 1.28. The zero-order valence-corrected chi connectivity index (χ0v) is 16.8. The molecule has 3 aromatic rings. The van der Waals surface area contributed by atoms with Crippen molar-refractivity contribution in [3.8, 4) is 17.5 Å². The highest BCUT2D eigenvalue weighted by Crippen LogP contribution is 2.24. The van der Waals surface area contributed by atoms with E-state index in [1.165, 1.54) is 24.3 Å². The van der Waals surface area contributed by atoms with E-state index >= 15 is 0 Å². The SMILES string of the molecule is CC(C)(C)OC(=O)N[C@@H](Cc1ccc(C#N)cc1)c1nnc(-c2ccc(F)cc2)o1. The van der Waals surface area contributed by atoms with Crippen LogP contribution in [0.5, 0.6) is 0 Å². The molecule has 0 radical (unpaired) electrons. The molecule has 1 atom stereocenters. The first kappa shape index (κ1) is 21.0. The first-order chi connectivity index (χ1) is 14.2. The molecule has 0 spiro atoms. The molecule has 0 unspecified atom stereocenters. The van der Waals surface area contributed by atoms with Crippen LogP contribution in [-0.4, -0.2) is 21.9 Å². The minimum Gasteiger partial charge on any atom is -0.444 e. The lowest BCUT2D eigenvalue weighted by Gasteiger charge is -2.22. The number of carbonyl (C=O) groups excluding carboxylic acids is 1. The Labute approximate surface area is 173 Å². The molecule has 3 rings (SSSR count). The third-order valence-electron chi connectivity index (χ3n) is 4.04. The number of aromatic nitrogens is 2. The second kappa shape index (κ2) is 8.74. The maximum atomic E-state index is 13.2. The number of hydrogen-bond acceptors (Lipinski definition) is 6. The summed E-state index contributed by atoms with van der Waals surface area (Å²) < 4.78 is 24.3. The van der Waals surface area contributed by atoms with Crippen LogP contribution in [0.15, 0.2) is 52.9 Å². The van der Waals surface area contributed by atoms with Crippen LogP contribution in [0.1, 0.15) is 43.8 Å². The van der Waals surface area contributed by atoms with E-state index in [1.807, 2.05) is 0 Å². The van der Waals surface area contributed by atoms with Crippen LogP contribution in [0, 0.1) is 17.1 Å². The molecule has 1 aromatic heterocycles. The summed E-state index contributed by atoms with van der Waals surface area (Å²) in [4.78, 5) is 12.3. The fourth-order valence-corrected chi connectivity index (χ4v) is 2.69. The molecule has 30 heavy (non-hydrogen) atoms. The van der Waals surface area contributed by atoms with Crippen LogP contribution in [0.25, 0.3) is 11.5 Å². The summed E-state index contributed by atoms with van der Waals surface area (Å²) in [5, 5.41) is 19.8.